The number of hydrogen-bond donors (Lipinski definition) is 2. The summed E-state index contributed by atoms with van der Waals surface area (Å²) in [5.74, 6) is -0.949. The SMILES string of the molecule is O=C(CO)N[C@H]1CC(=O)N(Cc2ccccc2C(F)(F)F)C1. The predicted molar refractivity (Wildman–Crippen MR) is 70.5 cm³/mol. The lowest BCUT2D eigenvalue weighted by molar-refractivity contribution is -0.139. The second kappa shape index (κ2) is 6.35. The van der Waals surface area contributed by atoms with Crippen LogP contribution in [0.2, 0.25) is 0 Å². The van der Waals surface area contributed by atoms with Crippen molar-refractivity contribution < 1.29 is 27.9 Å². The standard InChI is InChI=1S/C14H15F3N2O3/c15-14(16,17)11-4-2-1-3-9(11)6-19-7-10(5-13(19)22)18-12(21)8-20/h1-4,10,20H,5-8H2,(H,18,21)/t10-/m0/s1. The monoisotopic (exact) mass is 316 g/mol. The minimum absolute atomic E-state index is 0.0116. The van der Waals surface area contributed by atoms with Gasteiger partial charge in [-0.2, -0.15) is 13.2 Å². The second-order valence-corrected chi connectivity index (χ2v) is 5.06. The van der Waals surface area contributed by atoms with Gasteiger partial charge in [-0.05, 0) is 11.6 Å². The van der Waals surface area contributed by atoms with Crippen molar-refractivity contribution in [1.29, 1.82) is 0 Å². The molecule has 22 heavy (non-hydrogen) atoms. The van der Waals surface area contributed by atoms with Gasteiger partial charge in [-0.3, -0.25) is 9.59 Å². The van der Waals surface area contributed by atoms with Crippen LogP contribution in [0, 0.1) is 0 Å². The van der Waals surface area contributed by atoms with Crippen molar-refractivity contribution in [2.75, 3.05) is 13.2 Å². The fourth-order valence-electron chi connectivity index (χ4n) is 2.44. The number of carbonyl (C=O) groups is 2. The molecular weight excluding hydrogens is 301 g/mol. The molecule has 8 heteroatoms. The Labute approximate surface area is 124 Å². The molecule has 1 atom stereocenters. The van der Waals surface area contributed by atoms with Crippen molar-refractivity contribution in [3.05, 3.63) is 35.4 Å². The molecule has 0 bridgehead atoms. The summed E-state index contributed by atoms with van der Waals surface area (Å²) in [7, 11) is 0. The minimum atomic E-state index is -4.48. The number of nitrogens with zero attached hydrogens (tertiary/aromatic N) is 1. The van der Waals surface area contributed by atoms with E-state index in [-0.39, 0.29) is 31.0 Å². The van der Waals surface area contributed by atoms with E-state index in [0.717, 1.165) is 6.07 Å². The molecule has 1 fully saturated rings. The number of aliphatic hydroxyl groups is 1. The maximum absolute atomic E-state index is 12.9. The third-order valence-electron chi connectivity index (χ3n) is 3.41. The van der Waals surface area contributed by atoms with Crippen molar-refractivity contribution in [3.63, 3.8) is 0 Å². The lowest BCUT2D eigenvalue weighted by Gasteiger charge is -2.20. The molecule has 1 aliphatic rings. The van der Waals surface area contributed by atoms with E-state index in [4.69, 9.17) is 5.11 Å². The molecule has 2 rings (SSSR count). The molecule has 0 aromatic heterocycles. The van der Waals surface area contributed by atoms with Crippen molar-refractivity contribution in [3.8, 4) is 0 Å². The highest BCUT2D eigenvalue weighted by molar-refractivity contribution is 5.82. The molecule has 0 unspecified atom stereocenters. The summed E-state index contributed by atoms with van der Waals surface area (Å²) in [4.78, 5) is 24.2. The maximum atomic E-state index is 12.9. The van der Waals surface area contributed by atoms with Crippen molar-refractivity contribution >= 4 is 11.8 Å². The van der Waals surface area contributed by atoms with Crippen LogP contribution in [0.25, 0.3) is 0 Å². The summed E-state index contributed by atoms with van der Waals surface area (Å²) < 4.78 is 38.8. The van der Waals surface area contributed by atoms with Crippen LogP contribution in [0.1, 0.15) is 17.5 Å². The number of halogens is 3. The Morgan fingerprint density at radius 2 is 2.05 bits per heavy atom. The Morgan fingerprint density at radius 3 is 2.68 bits per heavy atom. The van der Waals surface area contributed by atoms with E-state index >= 15 is 0 Å². The molecule has 1 heterocycles. The van der Waals surface area contributed by atoms with Gasteiger partial charge in [0, 0.05) is 19.5 Å². The molecule has 1 aliphatic heterocycles. The lowest BCUT2D eigenvalue weighted by Crippen LogP contribution is -2.38. The summed E-state index contributed by atoms with van der Waals surface area (Å²) in [5, 5.41) is 11.1. The number of carbonyl (C=O) groups excluding carboxylic acids is 2. The van der Waals surface area contributed by atoms with Gasteiger partial charge in [0.25, 0.3) is 0 Å². The average molecular weight is 316 g/mol. The lowest BCUT2D eigenvalue weighted by atomic mass is 10.1. The highest BCUT2D eigenvalue weighted by atomic mass is 19.4. The number of alkyl halides is 3. The van der Waals surface area contributed by atoms with E-state index in [1.165, 1.54) is 23.1 Å². The Kier molecular flexibility index (Phi) is 4.70. The van der Waals surface area contributed by atoms with Crippen LogP contribution in [0.4, 0.5) is 13.2 Å². The molecule has 1 saturated heterocycles. The largest absolute Gasteiger partial charge is 0.416 e. The number of likely N-dealkylation sites (tertiary alicyclic amines) is 1. The van der Waals surface area contributed by atoms with Gasteiger partial charge in [0.15, 0.2) is 0 Å². The van der Waals surface area contributed by atoms with Crippen molar-refractivity contribution in [1.82, 2.24) is 10.2 Å². The first-order chi connectivity index (χ1) is 10.3. The van der Waals surface area contributed by atoms with Crippen LogP contribution < -0.4 is 5.32 Å². The Morgan fingerprint density at radius 1 is 1.36 bits per heavy atom. The molecule has 2 N–H and O–H groups in total. The van der Waals surface area contributed by atoms with Crippen LogP contribution in [-0.2, 0) is 22.3 Å². The summed E-state index contributed by atoms with van der Waals surface area (Å²) >= 11 is 0. The van der Waals surface area contributed by atoms with E-state index in [9.17, 15) is 22.8 Å². The molecule has 0 aliphatic carbocycles. The summed E-state index contributed by atoms with van der Waals surface area (Å²) in [5.41, 5.74) is -0.761. The highest BCUT2D eigenvalue weighted by Gasteiger charge is 2.35. The average Bonchev–Trinajstić information content (AvgIpc) is 2.78. The zero-order valence-corrected chi connectivity index (χ0v) is 11.6. The summed E-state index contributed by atoms with van der Waals surface area (Å²) in [6.07, 6.45) is -4.47. The summed E-state index contributed by atoms with van der Waals surface area (Å²) in [6.45, 7) is -0.738. The van der Waals surface area contributed by atoms with Gasteiger partial charge in [0.1, 0.15) is 6.61 Å². The second-order valence-electron chi connectivity index (χ2n) is 5.06. The first-order valence-corrected chi connectivity index (χ1v) is 6.64. The predicted octanol–water partition coefficient (Wildman–Crippen LogP) is 0.915. The third kappa shape index (κ3) is 3.76. The molecule has 0 saturated carbocycles. The molecule has 0 spiro atoms. The van der Waals surface area contributed by atoms with Crippen LogP contribution >= 0.6 is 0 Å². The van der Waals surface area contributed by atoms with Crippen LogP contribution in [0.3, 0.4) is 0 Å². The van der Waals surface area contributed by atoms with Gasteiger partial charge in [-0.1, -0.05) is 18.2 Å². The quantitative estimate of drug-likeness (QED) is 0.868. The first-order valence-electron chi connectivity index (χ1n) is 6.64. The first kappa shape index (κ1) is 16.3. The fourth-order valence-corrected chi connectivity index (χ4v) is 2.44. The number of benzene rings is 1. The van der Waals surface area contributed by atoms with Gasteiger partial charge in [-0.15, -0.1) is 0 Å². The number of nitrogens with one attached hydrogen (secondary N) is 1. The van der Waals surface area contributed by atoms with Gasteiger partial charge < -0.3 is 15.3 Å². The van der Waals surface area contributed by atoms with E-state index in [2.05, 4.69) is 5.32 Å². The van der Waals surface area contributed by atoms with Gasteiger partial charge in [0.2, 0.25) is 11.8 Å². The van der Waals surface area contributed by atoms with E-state index in [1.807, 2.05) is 0 Å². The highest BCUT2D eigenvalue weighted by Crippen LogP contribution is 2.32. The van der Waals surface area contributed by atoms with E-state index in [1.54, 1.807) is 0 Å². The maximum Gasteiger partial charge on any atom is 0.416 e. The topological polar surface area (TPSA) is 69.6 Å². The van der Waals surface area contributed by atoms with Gasteiger partial charge >= 0.3 is 6.18 Å². The Hall–Kier alpha value is -2.09. The fraction of sp³-hybridized carbons (Fsp3) is 0.429. The van der Waals surface area contributed by atoms with Crippen LogP contribution in [0.15, 0.2) is 24.3 Å². The minimum Gasteiger partial charge on any atom is -0.387 e. The summed E-state index contributed by atoms with van der Waals surface area (Å²) in [6, 6.07) is 4.58. The normalized spacial score (nSPS) is 18.6. The number of aliphatic hydroxyl groups excluding tert-OH is 1. The molecule has 1 aromatic rings. The van der Waals surface area contributed by atoms with E-state index < -0.39 is 30.3 Å². The third-order valence-corrected chi connectivity index (χ3v) is 3.41. The molecule has 0 radical (unpaired) electrons. The van der Waals surface area contributed by atoms with Crippen LogP contribution in [-0.4, -0.2) is 41.0 Å². The number of hydrogen-bond acceptors (Lipinski definition) is 3. The number of amides is 2. The Balaban J connectivity index is 2.09. The molecule has 1 aromatic carbocycles. The molecule has 2 amide bonds. The number of rotatable bonds is 4. The zero-order valence-electron chi connectivity index (χ0n) is 11.6. The van der Waals surface area contributed by atoms with Crippen molar-refractivity contribution in [2.24, 2.45) is 0 Å². The smallest absolute Gasteiger partial charge is 0.387 e. The molecule has 5 nitrogen and oxygen atoms in total. The van der Waals surface area contributed by atoms with Gasteiger partial charge in [-0.25, -0.2) is 0 Å². The molecule has 120 valence electrons. The van der Waals surface area contributed by atoms with Crippen LogP contribution in [0.5, 0.6) is 0 Å². The molecular formula is C14H15F3N2O3. The Bertz CT molecular complexity index is 575. The van der Waals surface area contributed by atoms with Crippen molar-refractivity contribution in [2.45, 2.75) is 25.2 Å². The van der Waals surface area contributed by atoms with E-state index in [0.29, 0.717) is 0 Å². The van der Waals surface area contributed by atoms with Gasteiger partial charge in [0.05, 0.1) is 11.6 Å². The zero-order chi connectivity index (χ0) is 16.3.